The van der Waals surface area contributed by atoms with E-state index in [1.807, 2.05) is 0 Å². The summed E-state index contributed by atoms with van der Waals surface area (Å²) in [5.41, 5.74) is 0.151. The molecule has 1 amide bonds. The van der Waals surface area contributed by atoms with Crippen molar-refractivity contribution >= 4 is 5.91 Å². The summed E-state index contributed by atoms with van der Waals surface area (Å²) >= 11 is 0. The van der Waals surface area contributed by atoms with Gasteiger partial charge in [0.15, 0.2) is 0 Å². The average molecular weight is 153 g/mol. The summed E-state index contributed by atoms with van der Waals surface area (Å²) in [6, 6.07) is 0.589. The molecule has 2 fully saturated rings. The van der Waals surface area contributed by atoms with Crippen LogP contribution in [0.2, 0.25) is 0 Å². The molecular formula is C9H15NO. The van der Waals surface area contributed by atoms with Crippen LogP contribution in [0, 0.1) is 0 Å². The van der Waals surface area contributed by atoms with Crippen molar-refractivity contribution in [1.29, 1.82) is 0 Å². The molecule has 1 atom stereocenters. The number of hydrogen-bond acceptors (Lipinski definition) is 1. The van der Waals surface area contributed by atoms with Gasteiger partial charge in [0.05, 0.1) is 0 Å². The highest BCUT2D eigenvalue weighted by molar-refractivity contribution is 5.84. The lowest BCUT2D eigenvalue weighted by molar-refractivity contribution is -0.160. The van der Waals surface area contributed by atoms with Crippen molar-refractivity contribution in [2.24, 2.45) is 0 Å². The average Bonchev–Trinajstić information content (AvgIpc) is 1.82. The molecule has 11 heavy (non-hydrogen) atoms. The Kier molecular flexibility index (Phi) is 1.29. The van der Waals surface area contributed by atoms with Crippen LogP contribution in [-0.2, 0) is 4.79 Å². The summed E-state index contributed by atoms with van der Waals surface area (Å²) in [7, 11) is 0. The van der Waals surface area contributed by atoms with Crippen molar-refractivity contribution in [2.75, 3.05) is 0 Å². The van der Waals surface area contributed by atoms with Crippen LogP contribution >= 0.6 is 0 Å². The first-order valence-electron chi connectivity index (χ1n) is 4.43. The highest BCUT2D eigenvalue weighted by Crippen LogP contribution is 2.39. The van der Waals surface area contributed by atoms with Crippen LogP contribution in [0.5, 0.6) is 0 Å². The van der Waals surface area contributed by atoms with Gasteiger partial charge in [0.2, 0.25) is 5.91 Å². The first-order valence-corrected chi connectivity index (χ1v) is 4.43. The fraction of sp³-hybridized carbons (Fsp3) is 0.889. The third-order valence-corrected chi connectivity index (χ3v) is 3.02. The highest BCUT2D eigenvalue weighted by Gasteiger charge is 2.46. The van der Waals surface area contributed by atoms with E-state index in [0.29, 0.717) is 11.9 Å². The smallest absolute Gasteiger partial charge is 0.225 e. The zero-order valence-electron chi connectivity index (χ0n) is 7.26. The minimum absolute atomic E-state index is 0.151. The van der Waals surface area contributed by atoms with Crippen LogP contribution in [0.15, 0.2) is 0 Å². The summed E-state index contributed by atoms with van der Waals surface area (Å²) in [5, 5.41) is 0. The lowest BCUT2D eigenvalue weighted by Gasteiger charge is -2.54. The number of carbonyl (C=O) groups is 1. The van der Waals surface area contributed by atoms with E-state index in [9.17, 15) is 4.79 Å². The van der Waals surface area contributed by atoms with Crippen molar-refractivity contribution in [3.8, 4) is 0 Å². The van der Waals surface area contributed by atoms with Gasteiger partial charge in [-0.3, -0.25) is 4.79 Å². The molecule has 2 saturated heterocycles. The summed E-state index contributed by atoms with van der Waals surface area (Å²) in [6.07, 6.45) is 4.51. The van der Waals surface area contributed by atoms with E-state index < -0.39 is 0 Å². The molecule has 2 aliphatic rings. The van der Waals surface area contributed by atoms with Crippen LogP contribution in [0.4, 0.5) is 0 Å². The van der Waals surface area contributed by atoms with Crippen LogP contribution < -0.4 is 0 Å². The molecular weight excluding hydrogens is 138 g/mol. The maximum absolute atomic E-state index is 11.2. The molecule has 0 spiro atoms. The first kappa shape index (κ1) is 7.14. The molecule has 0 bridgehead atoms. The Balaban J connectivity index is 2.17. The number of fused-ring (bicyclic) bond motifs is 1. The van der Waals surface area contributed by atoms with E-state index in [2.05, 4.69) is 18.7 Å². The predicted molar refractivity (Wildman–Crippen MR) is 43.2 cm³/mol. The minimum atomic E-state index is 0.151. The number of amides is 1. The predicted octanol–water partition coefficient (Wildman–Crippen LogP) is 1.55. The highest BCUT2D eigenvalue weighted by atomic mass is 16.2. The molecule has 2 heterocycles. The summed E-state index contributed by atoms with van der Waals surface area (Å²) in [5.74, 6) is 0.361. The number of piperidine rings is 1. The van der Waals surface area contributed by atoms with Gasteiger partial charge in [0.1, 0.15) is 0 Å². The van der Waals surface area contributed by atoms with E-state index in [1.54, 1.807) is 0 Å². The van der Waals surface area contributed by atoms with Gasteiger partial charge in [-0.2, -0.15) is 0 Å². The van der Waals surface area contributed by atoms with Crippen LogP contribution in [0.3, 0.4) is 0 Å². The Hall–Kier alpha value is -0.530. The maximum Gasteiger partial charge on any atom is 0.225 e. The third-order valence-electron chi connectivity index (χ3n) is 3.02. The molecule has 0 aromatic carbocycles. The number of β-lactam (4-membered cyclic amide) rings is 1. The number of hydrogen-bond donors (Lipinski definition) is 0. The minimum Gasteiger partial charge on any atom is -0.334 e. The van der Waals surface area contributed by atoms with E-state index in [1.165, 1.54) is 19.3 Å². The van der Waals surface area contributed by atoms with Gasteiger partial charge in [-0.1, -0.05) is 0 Å². The van der Waals surface area contributed by atoms with E-state index in [0.717, 1.165) is 6.42 Å². The lowest BCUT2D eigenvalue weighted by atomic mass is 9.80. The maximum atomic E-state index is 11.2. The normalized spacial score (nSPS) is 34.5. The largest absolute Gasteiger partial charge is 0.334 e. The summed E-state index contributed by atoms with van der Waals surface area (Å²) in [4.78, 5) is 13.3. The van der Waals surface area contributed by atoms with Crippen molar-refractivity contribution in [3.05, 3.63) is 0 Å². The Bertz CT molecular complexity index is 198. The second-order valence-corrected chi connectivity index (χ2v) is 4.33. The lowest BCUT2D eigenvalue weighted by Crippen LogP contribution is -2.64. The van der Waals surface area contributed by atoms with Crippen molar-refractivity contribution < 1.29 is 4.79 Å². The SMILES string of the molecule is CC1(C)CCCC2CC(=O)N21. The first-order chi connectivity index (χ1) is 5.11. The van der Waals surface area contributed by atoms with Gasteiger partial charge < -0.3 is 4.90 Å². The molecule has 0 aliphatic carbocycles. The second kappa shape index (κ2) is 1.99. The van der Waals surface area contributed by atoms with E-state index in [4.69, 9.17) is 0 Å². The van der Waals surface area contributed by atoms with Crippen molar-refractivity contribution in [3.63, 3.8) is 0 Å². The van der Waals surface area contributed by atoms with E-state index in [-0.39, 0.29) is 5.54 Å². The monoisotopic (exact) mass is 153 g/mol. The standard InChI is InChI=1S/C9H15NO/c1-9(2)5-3-4-7-6-8(11)10(7)9/h7H,3-6H2,1-2H3. The molecule has 2 nitrogen and oxygen atoms in total. The van der Waals surface area contributed by atoms with Gasteiger partial charge in [0, 0.05) is 18.0 Å². The number of rotatable bonds is 0. The van der Waals surface area contributed by atoms with Crippen LogP contribution in [-0.4, -0.2) is 22.4 Å². The Morgan fingerprint density at radius 2 is 2.27 bits per heavy atom. The molecule has 0 aromatic heterocycles. The quantitative estimate of drug-likeness (QED) is 0.483. The fourth-order valence-corrected chi connectivity index (χ4v) is 2.44. The Labute approximate surface area is 67.6 Å². The van der Waals surface area contributed by atoms with Gasteiger partial charge in [-0.25, -0.2) is 0 Å². The number of carbonyl (C=O) groups excluding carboxylic acids is 1. The zero-order valence-corrected chi connectivity index (χ0v) is 7.26. The molecule has 1 unspecified atom stereocenters. The summed E-state index contributed by atoms with van der Waals surface area (Å²) in [6.45, 7) is 4.35. The zero-order chi connectivity index (χ0) is 8.06. The molecule has 2 heteroatoms. The Morgan fingerprint density at radius 1 is 1.55 bits per heavy atom. The molecule has 0 radical (unpaired) electrons. The van der Waals surface area contributed by atoms with Gasteiger partial charge >= 0.3 is 0 Å². The number of nitrogens with zero attached hydrogens (tertiary/aromatic N) is 1. The third kappa shape index (κ3) is 0.883. The van der Waals surface area contributed by atoms with Crippen molar-refractivity contribution in [1.82, 2.24) is 4.90 Å². The van der Waals surface area contributed by atoms with Crippen molar-refractivity contribution in [2.45, 2.75) is 51.1 Å². The Morgan fingerprint density at radius 3 is 2.73 bits per heavy atom. The van der Waals surface area contributed by atoms with Crippen LogP contribution in [0.25, 0.3) is 0 Å². The summed E-state index contributed by atoms with van der Waals surface area (Å²) < 4.78 is 0. The molecule has 2 rings (SSSR count). The van der Waals surface area contributed by atoms with Crippen LogP contribution in [0.1, 0.15) is 39.5 Å². The molecule has 0 aromatic rings. The second-order valence-electron chi connectivity index (χ2n) is 4.33. The molecule has 62 valence electrons. The van der Waals surface area contributed by atoms with E-state index >= 15 is 0 Å². The molecule has 0 saturated carbocycles. The van der Waals surface area contributed by atoms with Gasteiger partial charge in [-0.05, 0) is 33.1 Å². The fourth-order valence-electron chi connectivity index (χ4n) is 2.44. The molecule has 2 aliphatic heterocycles. The molecule has 0 N–H and O–H groups in total. The van der Waals surface area contributed by atoms with Gasteiger partial charge in [0.25, 0.3) is 0 Å². The van der Waals surface area contributed by atoms with Gasteiger partial charge in [-0.15, -0.1) is 0 Å². The topological polar surface area (TPSA) is 20.3 Å².